The average molecular weight is 157 g/mol. The first kappa shape index (κ1) is 7.21. The SMILES string of the molecule is C=C1NC(CC(=O)O)=CS1. The highest BCUT2D eigenvalue weighted by atomic mass is 32.2. The first-order valence-electron chi connectivity index (χ1n) is 2.72. The number of carboxylic acid groups (broad SMARTS) is 1. The van der Waals surface area contributed by atoms with Crippen molar-refractivity contribution >= 4 is 17.7 Å². The molecule has 0 aliphatic carbocycles. The fourth-order valence-corrected chi connectivity index (χ4v) is 1.25. The number of nitrogens with one attached hydrogen (secondary N) is 1. The van der Waals surface area contributed by atoms with Crippen LogP contribution in [0.4, 0.5) is 0 Å². The predicted octanol–water partition coefficient (Wildman–Crippen LogP) is 1.11. The van der Waals surface area contributed by atoms with Crippen LogP contribution in [-0.4, -0.2) is 11.1 Å². The maximum Gasteiger partial charge on any atom is 0.309 e. The van der Waals surface area contributed by atoms with Crippen molar-refractivity contribution in [3.8, 4) is 0 Å². The van der Waals surface area contributed by atoms with Gasteiger partial charge in [-0.1, -0.05) is 18.3 Å². The normalized spacial score (nSPS) is 16.4. The van der Waals surface area contributed by atoms with Gasteiger partial charge in [-0.15, -0.1) is 0 Å². The summed E-state index contributed by atoms with van der Waals surface area (Å²) < 4.78 is 0. The molecule has 0 fully saturated rings. The molecule has 1 aliphatic rings. The summed E-state index contributed by atoms with van der Waals surface area (Å²) in [5.41, 5.74) is 0.711. The van der Waals surface area contributed by atoms with Gasteiger partial charge in [-0.05, 0) is 5.41 Å². The van der Waals surface area contributed by atoms with Crippen LogP contribution in [0, 0.1) is 0 Å². The Labute approximate surface area is 62.8 Å². The predicted molar refractivity (Wildman–Crippen MR) is 40.2 cm³/mol. The Hall–Kier alpha value is -0.900. The minimum absolute atomic E-state index is 0.0476. The highest BCUT2D eigenvalue weighted by Gasteiger charge is 2.09. The van der Waals surface area contributed by atoms with E-state index in [1.54, 1.807) is 5.41 Å². The second kappa shape index (κ2) is 2.79. The van der Waals surface area contributed by atoms with E-state index in [4.69, 9.17) is 5.11 Å². The van der Waals surface area contributed by atoms with E-state index in [0.29, 0.717) is 5.70 Å². The van der Waals surface area contributed by atoms with Crippen molar-refractivity contribution in [3.63, 3.8) is 0 Å². The monoisotopic (exact) mass is 157 g/mol. The quantitative estimate of drug-likeness (QED) is 0.630. The summed E-state index contributed by atoms with van der Waals surface area (Å²) in [6.45, 7) is 3.62. The van der Waals surface area contributed by atoms with E-state index in [1.165, 1.54) is 11.8 Å². The lowest BCUT2D eigenvalue weighted by atomic mass is 10.3. The summed E-state index contributed by atoms with van der Waals surface area (Å²) in [5, 5.41) is 13.7. The Bertz CT molecular complexity index is 210. The van der Waals surface area contributed by atoms with Crippen LogP contribution in [0.15, 0.2) is 22.7 Å². The van der Waals surface area contributed by atoms with Gasteiger partial charge in [0.15, 0.2) is 0 Å². The Morgan fingerprint density at radius 3 is 3.00 bits per heavy atom. The van der Waals surface area contributed by atoms with Crippen molar-refractivity contribution in [2.45, 2.75) is 6.42 Å². The molecule has 0 saturated heterocycles. The number of thioether (sulfide) groups is 1. The molecule has 0 spiro atoms. The van der Waals surface area contributed by atoms with Gasteiger partial charge in [0.1, 0.15) is 0 Å². The lowest BCUT2D eigenvalue weighted by Crippen LogP contribution is -2.08. The van der Waals surface area contributed by atoms with Crippen molar-refractivity contribution in [1.82, 2.24) is 5.32 Å². The van der Waals surface area contributed by atoms with Crippen molar-refractivity contribution in [2.75, 3.05) is 0 Å². The van der Waals surface area contributed by atoms with Crippen LogP contribution in [0.25, 0.3) is 0 Å². The summed E-state index contributed by atoms with van der Waals surface area (Å²) in [6.07, 6.45) is 0.0476. The number of carboxylic acids is 1. The third-order valence-electron chi connectivity index (χ3n) is 0.985. The fourth-order valence-electron chi connectivity index (χ4n) is 0.629. The summed E-state index contributed by atoms with van der Waals surface area (Å²) in [4.78, 5) is 10.1. The van der Waals surface area contributed by atoms with Gasteiger partial charge in [0.05, 0.1) is 11.4 Å². The largest absolute Gasteiger partial charge is 0.481 e. The molecule has 10 heavy (non-hydrogen) atoms. The van der Waals surface area contributed by atoms with Crippen LogP contribution >= 0.6 is 11.8 Å². The van der Waals surface area contributed by atoms with Crippen LogP contribution in [0.3, 0.4) is 0 Å². The van der Waals surface area contributed by atoms with Crippen LogP contribution in [0.5, 0.6) is 0 Å². The highest BCUT2D eigenvalue weighted by Crippen LogP contribution is 2.23. The van der Waals surface area contributed by atoms with Gasteiger partial charge in [-0.2, -0.15) is 0 Å². The first-order chi connectivity index (χ1) is 4.68. The molecule has 1 rings (SSSR count). The summed E-state index contributed by atoms with van der Waals surface area (Å²) in [5.74, 6) is -0.825. The van der Waals surface area contributed by atoms with Crippen molar-refractivity contribution in [3.05, 3.63) is 22.7 Å². The van der Waals surface area contributed by atoms with Gasteiger partial charge in [-0.3, -0.25) is 4.79 Å². The van der Waals surface area contributed by atoms with Crippen LogP contribution in [-0.2, 0) is 4.79 Å². The highest BCUT2D eigenvalue weighted by molar-refractivity contribution is 8.06. The molecule has 0 bridgehead atoms. The zero-order chi connectivity index (χ0) is 7.56. The third-order valence-corrected chi connectivity index (χ3v) is 1.77. The second-order valence-corrected chi connectivity index (χ2v) is 2.84. The standard InChI is InChI=1S/C6H7NO2S/c1-4-7-5(3-10-4)2-6(8)9/h3,7H,1-2H2,(H,8,9). The van der Waals surface area contributed by atoms with E-state index in [0.717, 1.165) is 5.03 Å². The maximum absolute atomic E-state index is 10.1. The molecule has 0 radical (unpaired) electrons. The Balaban J connectivity index is 2.44. The van der Waals surface area contributed by atoms with Gasteiger partial charge in [0, 0.05) is 5.70 Å². The minimum atomic E-state index is -0.825. The van der Waals surface area contributed by atoms with Gasteiger partial charge >= 0.3 is 5.97 Å². The molecule has 0 atom stereocenters. The van der Waals surface area contributed by atoms with Crippen molar-refractivity contribution < 1.29 is 9.90 Å². The Morgan fingerprint density at radius 2 is 2.60 bits per heavy atom. The molecule has 1 aliphatic heterocycles. The lowest BCUT2D eigenvalue weighted by molar-refractivity contribution is -0.136. The topological polar surface area (TPSA) is 49.3 Å². The van der Waals surface area contributed by atoms with E-state index < -0.39 is 5.97 Å². The van der Waals surface area contributed by atoms with Crippen LogP contribution in [0.1, 0.15) is 6.42 Å². The molecule has 0 amide bonds. The van der Waals surface area contributed by atoms with E-state index >= 15 is 0 Å². The van der Waals surface area contributed by atoms with Crippen LogP contribution in [0.2, 0.25) is 0 Å². The average Bonchev–Trinajstić information content (AvgIpc) is 2.13. The zero-order valence-electron chi connectivity index (χ0n) is 5.26. The number of hydrogen-bond acceptors (Lipinski definition) is 3. The molecule has 0 aromatic rings. The molecule has 4 heteroatoms. The van der Waals surface area contributed by atoms with Gasteiger partial charge in [-0.25, -0.2) is 0 Å². The van der Waals surface area contributed by atoms with E-state index in [-0.39, 0.29) is 6.42 Å². The molecule has 0 aromatic carbocycles. The smallest absolute Gasteiger partial charge is 0.309 e. The Kier molecular flexibility index (Phi) is 2.01. The third kappa shape index (κ3) is 1.80. The number of carbonyl (C=O) groups is 1. The van der Waals surface area contributed by atoms with Crippen LogP contribution < -0.4 is 5.32 Å². The number of aliphatic carboxylic acids is 1. The molecule has 2 N–H and O–H groups in total. The number of hydrogen-bond donors (Lipinski definition) is 2. The second-order valence-electron chi connectivity index (χ2n) is 1.88. The molecule has 54 valence electrons. The fraction of sp³-hybridized carbons (Fsp3) is 0.167. The summed E-state index contributed by atoms with van der Waals surface area (Å²) >= 11 is 1.42. The zero-order valence-corrected chi connectivity index (χ0v) is 6.07. The van der Waals surface area contributed by atoms with Crippen molar-refractivity contribution in [1.29, 1.82) is 0 Å². The van der Waals surface area contributed by atoms with Gasteiger partial charge in [0.2, 0.25) is 0 Å². The summed E-state index contributed by atoms with van der Waals surface area (Å²) in [6, 6.07) is 0. The molecule has 0 unspecified atom stereocenters. The first-order valence-corrected chi connectivity index (χ1v) is 3.60. The Morgan fingerprint density at radius 1 is 1.90 bits per heavy atom. The van der Waals surface area contributed by atoms with Crippen molar-refractivity contribution in [2.24, 2.45) is 0 Å². The number of rotatable bonds is 2. The van der Waals surface area contributed by atoms with E-state index in [1.807, 2.05) is 0 Å². The molecular weight excluding hydrogens is 150 g/mol. The molecule has 1 heterocycles. The molecular formula is C6H7NO2S. The van der Waals surface area contributed by atoms with E-state index in [2.05, 4.69) is 11.9 Å². The minimum Gasteiger partial charge on any atom is -0.481 e. The molecule has 0 aromatic heterocycles. The summed E-state index contributed by atoms with van der Waals surface area (Å²) in [7, 11) is 0. The van der Waals surface area contributed by atoms with Gasteiger partial charge in [0.25, 0.3) is 0 Å². The van der Waals surface area contributed by atoms with E-state index in [9.17, 15) is 4.79 Å². The maximum atomic E-state index is 10.1. The lowest BCUT2D eigenvalue weighted by Gasteiger charge is -1.98. The molecule has 0 saturated carbocycles. The van der Waals surface area contributed by atoms with Gasteiger partial charge < -0.3 is 10.4 Å². The molecule has 3 nitrogen and oxygen atoms in total.